The fraction of sp³-hybridized carbons (Fsp3) is 0.700. The van der Waals surface area contributed by atoms with Crippen LogP contribution in [-0.2, 0) is 18.9 Å². The molecule has 2 atom stereocenters. The molecule has 0 aromatic heterocycles. The van der Waals surface area contributed by atoms with Crippen molar-refractivity contribution >= 4 is 6.16 Å². The van der Waals surface area contributed by atoms with E-state index in [-0.39, 0.29) is 12.2 Å². The summed E-state index contributed by atoms with van der Waals surface area (Å²) in [7, 11) is 1.60. The summed E-state index contributed by atoms with van der Waals surface area (Å²) < 4.78 is 20.0. The third kappa shape index (κ3) is 3.89. The maximum absolute atomic E-state index is 10.9. The summed E-state index contributed by atoms with van der Waals surface area (Å²) in [6.07, 6.45) is 1.00. The van der Waals surface area contributed by atoms with E-state index in [0.717, 1.165) is 0 Å². The van der Waals surface area contributed by atoms with Gasteiger partial charge in [0, 0.05) is 20.1 Å². The molecule has 1 aliphatic heterocycles. The van der Waals surface area contributed by atoms with Gasteiger partial charge in [0.15, 0.2) is 6.10 Å². The number of ether oxygens (including phenoxy) is 4. The molecule has 0 amide bonds. The average Bonchev–Trinajstić information content (AvgIpc) is 2.56. The van der Waals surface area contributed by atoms with Crippen LogP contribution in [0.2, 0.25) is 0 Å². The van der Waals surface area contributed by atoms with E-state index in [0.29, 0.717) is 26.2 Å². The first-order chi connectivity index (χ1) is 7.27. The molecule has 0 saturated carbocycles. The van der Waals surface area contributed by atoms with Crippen molar-refractivity contribution in [1.29, 1.82) is 0 Å². The summed E-state index contributed by atoms with van der Waals surface area (Å²) in [6.45, 7) is 4.81. The van der Waals surface area contributed by atoms with Gasteiger partial charge in [0.1, 0.15) is 6.10 Å². The van der Waals surface area contributed by atoms with E-state index in [2.05, 4.69) is 6.58 Å². The predicted octanol–water partition coefficient (Wildman–Crippen LogP) is 1.13. The largest absolute Gasteiger partial charge is 0.509 e. The molecule has 1 saturated heterocycles. The topological polar surface area (TPSA) is 54.0 Å². The lowest BCUT2D eigenvalue weighted by Gasteiger charge is -2.14. The minimum atomic E-state index is -0.636. The van der Waals surface area contributed by atoms with Gasteiger partial charge in [-0.1, -0.05) is 6.08 Å². The molecule has 2 unspecified atom stereocenters. The van der Waals surface area contributed by atoms with Crippen molar-refractivity contribution in [3.05, 3.63) is 12.7 Å². The van der Waals surface area contributed by atoms with E-state index >= 15 is 0 Å². The van der Waals surface area contributed by atoms with Crippen LogP contribution < -0.4 is 0 Å². The van der Waals surface area contributed by atoms with Crippen LogP contribution in [0, 0.1) is 0 Å². The van der Waals surface area contributed by atoms with Crippen LogP contribution in [0.1, 0.15) is 6.42 Å². The van der Waals surface area contributed by atoms with Gasteiger partial charge in [0.05, 0.1) is 13.2 Å². The minimum absolute atomic E-state index is 0.276. The second-order valence-electron chi connectivity index (χ2n) is 3.17. The molecular weight excluding hydrogens is 200 g/mol. The fourth-order valence-electron chi connectivity index (χ4n) is 1.31. The molecule has 1 heterocycles. The zero-order chi connectivity index (χ0) is 11.1. The number of carbonyl (C=O) groups excluding carboxylic acids is 1. The summed E-state index contributed by atoms with van der Waals surface area (Å²) in [5.74, 6) is 0. The Bertz CT molecular complexity index is 216. The Morgan fingerprint density at radius 1 is 1.47 bits per heavy atom. The molecular formula is C10H16O5. The third-order valence-electron chi connectivity index (χ3n) is 2.03. The molecule has 86 valence electrons. The molecule has 0 bridgehead atoms. The lowest BCUT2D eigenvalue weighted by atomic mass is 10.1. The molecule has 0 aromatic carbocycles. The quantitative estimate of drug-likeness (QED) is 0.363. The molecule has 5 nitrogen and oxygen atoms in total. The number of methoxy groups -OCH3 is 1. The number of hydrogen-bond acceptors (Lipinski definition) is 5. The molecule has 0 radical (unpaired) electrons. The van der Waals surface area contributed by atoms with Gasteiger partial charge in [-0.05, 0) is 0 Å². The Morgan fingerprint density at radius 2 is 2.20 bits per heavy atom. The maximum Gasteiger partial charge on any atom is 0.509 e. The fourth-order valence-corrected chi connectivity index (χ4v) is 1.31. The molecule has 0 N–H and O–H groups in total. The SMILES string of the molecule is C=CCOCC1OC(=O)OC1CCOC. The normalized spacial score (nSPS) is 24.7. The zero-order valence-electron chi connectivity index (χ0n) is 8.81. The van der Waals surface area contributed by atoms with Gasteiger partial charge in [0.2, 0.25) is 0 Å². The standard InChI is InChI=1S/C10H16O5/c1-3-5-13-7-9-8(4-6-12-2)14-10(11)15-9/h3,8-9H,1,4-7H2,2H3. The molecule has 15 heavy (non-hydrogen) atoms. The molecule has 1 rings (SSSR count). The highest BCUT2D eigenvalue weighted by molar-refractivity contribution is 5.62. The van der Waals surface area contributed by atoms with Gasteiger partial charge in [-0.3, -0.25) is 0 Å². The molecule has 5 heteroatoms. The van der Waals surface area contributed by atoms with E-state index in [9.17, 15) is 4.79 Å². The third-order valence-corrected chi connectivity index (χ3v) is 2.03. The lowest BCUT2D eigenvalue weighted by molar-refractivity contribution is 0.0330. The first-order valence-electron chi connectivity index (χ1n) is 4.82. The number of carbonyl (C=O) groups is 1. The molecule has 0 spiro atoms. The molecule has 0 aliphatic carbocycles. The summed E-state index contributed by atoms with van der Waals surface area (Å²) >= 11 is 0. The second kappa shape index (κ2) is 6.42. The van der Waals surface area contributed by atoms with E-state index in [1.54, 1.807) is 13.2 Å². The first-order valence-corrected chi connectivity index (χ1v) is 4.82. The highest BCUT2D eigenvalue weighted by Crippen LogP contribution is 2.18. The molecule has 1 aliphatic rings. The van der Waals surface area contributed by atoms with Crippen molar-refractivity contribution in [1.82, 2.24) is 0 Å². The predicted molar refractivity (Wildman–Crippen MR) is 52.7 cm³/mol. The Morgan fingerprint density at radius 3 is 2.87 bits per heavy atom. The van der Waals surface area contributed by atoms with Crippen molar-refractivity contribution in [3.8, 4) is 0 Å². The zero-order valence-corrected chi connectivity index (χ0v) is 8.81. The molecule has 1 fully saturated rings. The average molecular weight is 216 g/mol. The highest BCUT2D eigenvalue weighted by Gasteiger charge is 2.36. The number of hydrogen-bond donors (Lipinski definition) is 0. The van der Waals surface area contributed by atoms with Crippen molar-refractivity contribution < 1.29 is 23.7 Å². The van der Waals surface area contributed by atoms with E-state index < -0.39 is 6.16 Å². The first kappa shape index (κ1) is 12.0. The Hall–Kier alpha value is -1.07. The monoisotopic (exact) mass is 216 g/mol. The number of rotatable bonds is 7. The summed E-state index contributed by atoms with van der Waals surface area (Å²) in [5, 5.41) is 0. The Balaban J connectivity index is 2.31. The van der Waals surface area contributed by atoms with Gasteiger partial charge in [0.25, 0.3) is 0 Å². The van der Waals surface area contributed by atoms with E-state index in [4.69, 9.17) is 18.9 Å². The highest BCUT2D eigenvalue weighted by atomic mass is 16.8. The Labute approximate surface area is 88.9 Å². The second-order valence-corrected chi connectivity index (χ2v) is 3.17. The maximum atomic E-state index is 10.9. The van der Waals surface area contributed by atoms with Crippen LogP contribution in [0.15, 0.2) is 12.7 Å². The van der Waals surface area contributed by atoms with Crippen LogP contribution in [-0.4, -0.2) is 45.3 Å². The smallest absolute Gasteiger partial charge is 0.427 e. The lowest BCUT2D eigenvalue weighted by Crippen LogP contribution is -2.28. The van der Waals surface area contributed by atoms with Crippen LogP contribution >= 0.6 is 0 Å². The van der Waals surface area contributed by atoms with Crippen molar-refractivity contribution in [3.63, 3.8) is 0 Å². The van der Waals surface area contributed by atoms with Gasteiger partial charge in [-0.15, -0.1) is 6.58 Å². The number of cyclic esters (lactones) is 2. The summed E-state index contributed by atoms with van der Waals surface area (Å²) in [6, 6.07) is 0. The van der Waals surface area contributed by atoms with Crippen LogP contribution in [0.4, 0.5) is 4.79 Å². The minimum Gasteiger partial charge on any atom is -0.427 e. The summed E-state index contributed by atoms with van der Waals surface area (Å²) in [4.78, 5) is 10.9. The van der Waals surface area contributed by atoms with Crippen LogP contribution in [0.5, 0.6) is 0 Å². The van der Waals surface area contributed by atoms with Gasteiger partial charge in [-0.2, -0.15) is 0 Å². The van der Waals surface area contributed by atoms with Crippen molar-refractivity contribution in [2.75, 3.05) is 26.9 Å². The van der Waals surface area contributed by atoms with E-state index in [1.807, 2.05) is 0 Å². The van der Waals surface area contributed by atoms with Crippen molar-refractivity contribution in [2.24, 2.45) is 0 Å². The van der Waals surface area contributed by atoms with Crippen LogP contribution in [0.3, 0.4) is 0 Å². The van der Waals surface area contributed by atoms with Gasteiger partial charge < -0.3 is 18.9 Å². The van der Waals surface area contributed by atoms with Gasteiger partial charge in [-0.25, -0.2) is 4.79 Å². The summed E-state index contributed by atoms with van der Waals surface area (Å²) in [5.41, 5.74) is 0. The molecule has 0 aromatic rings. The van der Waals surface area contributed by atoms with E-state index in [1.165, 1.54) is 0 Å². The van der Waals surface area contributed by atoms with Crippen molar-refractivity contribution in [2.45, 2.75) is 18.6 Å². The Kier molecular flexibility index (Phi) is 5.14. The van der Waals surface area contributed by atoms with Gasteiger partial charge >= 0.3 is 6.16 Å². The van der Waals surface area contributed by atoms with Crippen LogP contribution in [0.25, 0.3) is 0 Å².